The van der Waals surface area contributed by atoms with E-state index in [9.17, 15) is 70.2 Å². The number of alkyl halides is 16. The highest BCUT2D eigenvalue weighted by atomic mass is 19.4. The van der Waals surface area contributed by atoms with Crippen molar-refractivity contribution < 1.29 is 80.5 Å². The molecule has 182 valence electrons. The summed E-state index contributed by atoms with van der Waals surface area (Å²) in [4.78, 5) is 0. The number of halogens is 16. The minimum absolute atomic E-state index is 0.0557. The molecule has 2 N–H and O–H groups in total. The van der Waals surface area contributed by atoms with Gasteiger partial charge in [0.15, 0.2) is 0 Å². The average molecular weight is 490 g/mol. The van der Waals surface area contributed by atoms with Gasteiger partial charge in [0, 0.05) is 6.42 Å². The summed E-state index contributed by atoms with van der Waals surface area (Å²) >= 11 is 0. The van der Waals surface area contributed by atoms with Gasteiger partial charge in [0.05, 0.1) is 6.61 Å². The minimum Gasteiger partial charge on any atom is -0.393 e. The van der Waals surface area contributed by atoms with Gasteiger partial charge in [0.25, 0.3) is 0 Å². The zero-order valence-electron chi connectivity index (χ0n) is 13.9. The first kappa shape index (κ1) is 28.8. The van der Waals surface area contributed by atoms with Gasteiger partial charge in [-0.15, -0.1) is 0 Å². The molecule has 0 radical (unpaired) electrons. The highest BCUT2D eigenvalue weighted by Gasteiger charge is 2.94. The molecule has 0 heterocycles. The molecule has 0 amide bonds. The molecular weight excluding hydrogens is 480 g/mol. The second kappa shape index (κ2) is 7.44. The average Bonchev–Trinajstić information content (AvgIpc) is 2.59. The Morgan fingerprint density at radius 2 is 0.800 bits per heavy atom. The number of aliphatic hydroxyl groups is 2. The van der Waals surface area contributed by atoms with Gasteiger partial charge >= 0.3 is 47.4 Å². The van der Waals surface area contributed by atoms with Gasteiger partial charge in [-0.1, -0.05) is 6.92 Å². The Hall–Kier alpha value is -1.20. The molecule has 0 saturated heterocycles. The molecule has 1 atom stereocenters. The van der Waals surface area contributed by atoms with Crippen LogP contribution >= 0.6 is 0 Å². The molecule has 0 rings (SSSR count). The summed E-state index contributed by atoms with van der Waals surface area (Å²) in [5.41, 5.74) is 0. The monoisotopic (exact) mass is 490 g/mol. The second-order valence-electron chi connectivity index (χ2n) is 5.83. The lowest BCUT2D eigenvalue weighted by Gasteiger charge is -2.44. The summed E-state index contributed by atoms with van der Waals surface area (Å²) < 4.78 is 212. The van der Waals surface area contributed by atoms with E-state index in [4.69, 9.17) is 10.2 Å². The van der Waals surface area contributed by atoms with Gasteiger partial charge < -0.3 is 10.2 Å². The van der Waals surface area contributed by atoms with Crippen molar-refractivity contribution >= 4 is 0 Å². The van der Waals surface area contributed by atoms with Crippen LogP contribution in [0.15, 0.2) is 0 Å². The van der Waals surface area contributed by atoms with E-state index in [1.807, 2.05) is 0 Å². The largest absolute Gasteiger partial charge is 0.393 e. The molecule has 0 aliphatic carbocycles. The topological polar surface area (TPSA) is 40.5 Å². The molecule has 18 heteroatoms. The molecule has 0 aliphatic rings. The van der Waals surface area contributed by atoms with Crippen molar-refractivity contribution in [1.29, 1.82) is 0 Å². The van der Waals surface area contributed by atoms with Crippen molar-refractivity contribution in [3.8, 4) is 0 Å². The first-order valence-corrected chi connectivity index (χ1v) is 7.11. The summed E-state index contributed by atoms with van der Waals surface area (Å²) in [5, 5.41) is 16.4. The smallest absolute Gasteiger partial charge is 0.385 e. The Labute approximate surface area is 155 Å². The molecule has 2 nitrogen and oxygen atoms in total. The maximum Gasteiger partial charge on any atom is 0.385 e. The molecule has 0 fully saturated rings. The molecule has 0 spiro atoms. The number of aliphatic hydroxyl groups excluding tert-OH is 2. The molecule has 0 aromatic carbocycles. The zero-order valence-corrected chi connectivity index (χ0v) is 13.9. The van der Waals surface area contributed by atoms with E-state index in [0.717, 1.165) is 0 Å². The van der Waals surface area contributed by atoms with Gasteiger partial charge in [0.2, 0.25) is 0 Å². The van der Waals surface area contributed by atoms with Crippen LogP contribution in [0.2, 0.25) is 0 Å². The summed E-state index contributed by atoms with van der Waals surface area (Å²) in [6, 6.07) is 0. The Bertz CT molecular complexity index is 613. The van der Waals surface area contributed by atoms with Gasteiger partial charge in [-0.25, -0.2) is 0 Å². The fraction of sp³-hybridized carbons (Fsp3) is 1.00. The standard InChI is InChI=1S/C12H10F16O2/c1-2-5(13,14)7(17,18)9(21,22)11(25,26)12(27,28)10(23,24)8(19,20)6(15,16)4(30)3-29/h4,29-30H,2-3H2,1H3. The number of hydrogen-bond acceptors (Lipinski definition) is 2. The lowest BCUT2D eigenvalue weighted by molar-refractivity contribution is -0.456. The van der Waals surface area contributed by atoms with Crippen molar-refractivity contribution in [3.63, 3.8) is 0 Å². The summed E-state index contributed by atoms with van der Waals surface area (Å²) in [7, 11) is 0. The normalized spacial score (nSPS) is 17.3. The SMILES string of the molecule is CCC(F)(F)C(F)(F)C(F)(F)C(F)(F)C(F)(F)C(F)(F)C(F)(F)C(F)(F)C(O)CO. The van der Waals surface area contributed by atoms with Crippen molar-refractivity contribution in [2.24, 2.45) is 0 Å². The van der Waals surface area contributed by atoms with E-state index in [1.165, 1.54) is 0 Å². The first-order chi connectivity index (χ1) is 12.8. The van der Waals surface area contributed by atoms with Crippen LogP contribution in [0.5, 0.6) is 0 Å². The van der Waals surface area contributed by atoms with E-state index in [0.29, 0.717) is 0 Å². The predicted molar refractivity (Wildman–Crippen MR) is 63.0 cm³/mol. The van der Waals surface area contributed by atoms with E-state index in [2.05, 4.69) is 0 Å². The van der Waals surface area contributed by atoms with Crippen LogP contribution in [-0.4, -0.2) is 70.3 Å². The molecule has 0 aromatic rings. The Morgan fingerprint density at radius 1 is 0.533 bits per heavy atom. The van der Waals surface area contributed by atoms with Crippen molar-refractivity contribution in [2.75, 3.05) is 6.61 Å². The van der Waals surface area contributed by atoms with Crippen LogP contribution in [0.1, 0.15) is 13.3 Å². The van der Waals surface area contributed by atoms with Gasteiger partial charge in [-0.3, -0.25) is 0 Å². The summed E-state index contributed by atoms with van der Waals surface area (Å²) in [5.74, 6) is -62.2. The molecule has 0 saturated carbocycles. The lowest BCUT2D eigenvalue weighted by Crippen LogP contribution is -2.75. The van der Waals surface area contributed by atoms with E-state index in [1.54, 1.807) is 0 Å². The Morgan fingerprint density at radius 3 is 1.07 bits per heavy atom. The Balaban J connectivity index is 6.77. The van der Waals surface area contributed by atoms with Crippen LogP contribution in [0, 0.1) is 0 Å². The van der Waals surface area contributed by atoms with Crippen molar-refractivity contribution in [3.05, 3.63) is 0 Å². The maximum atomic E-state index is 13.4. The predicted octanol–water partition coefficient (Wildman–Crippen LogP) is 4.83. The molecule has 30 heavy (non-hydrogen) atoms. The molecule has 1 unspecified atom stereocenters. The quantitative estimate of drug-likeness (QED) is 0.431. The molecule has 0 aromatic heterocycles. The highest BCUT2D eigenvalue weighted by molar-refractivity contribution is 5.16. The van der Waals surface area contributed by atoms with Gasteiger partial charge in [-0.2, -0.15) is 70.2 Å². The first-order valence-electron chi connectivity index (χ1n) is 7.11. The van der Waals surface area contributed by atoms with Gasteiger partial charge in [0.1, 0.15) is 6.10 Å². The lowest BCUT2D eigenvalue weighted by atomic mass is 9.86. The van der Waals surface area contributed by atoms with E-state index in [-0.39, 0.29) is 6.92 Å². The van der Waals surface area contributed by atoms with E-state index >= 15 is 0 Å². The minimum atomic E-state index is -8.53. The fourth-order valence-electron chi connectivity index (χ4n) is 1.77. The third kappa shape index (κ3) is 3.37. The summed E-state index contributed by atoms with van der Waals surface area (Å²) in [6.07, 6.45) is -6.81. The molecule has 0 aliphatic heterocycles. The fourth-order valence-corrected chi connectivity index (χ4v) is 1.77. The third-order valence-corrected chi connectivity index (χ3v) is 3.89. The van der Waals surface area contributed by atoms with Crippen LogP contribution < -0.4 is 0 Å². The van der Waals surface area contributed by atoms with Crippen LogP contribution in [0.25, 0.3) is 0 Å². The van der Waals surface area contributed by atoms with Crippen molar-refractivity contribution in [2.45, 2.75) is 66.8 Å². The number of hydrogen-bond donors (Lipinski definition) is 2. The summed E-state index contributed by atoms with van der Waals surface area (Å²) in [6.45, 7) is -2.63. The zero-order chi connectivity index (χ0) is 25.0. The Kier molecular flexibility index (Phi) is 7.14. The highest BCUT2D eigenvalue weighted by Crippen LogP contribution is 2.64. The van der Waals surface area contributed by atoms with Crippen LogP contribution in [0.3, 0.4) is 0 Å². The van der Waals surface area contributed by atoms with Crippen LogP contribution in [0.4, 0.5) is 70.2 Å². The van der Waals surface area contributed by atoms with Crippen molar-refractivity contribution in [1.82, 2.24) is 0 Å². The van der Waals surface area contributed by atoms with E-state index < -0.39 is 66.5 Å². The maximum absolute atomic E-state index is 13.4. The second-order valence-corrected chi connectivity index (χ2v) is 5.83. The third-order valence-electron chi connectivity index (χ3n) is 3.89. The van der Waals surface area contributed by atoms with Crippen LogP contribution in [-0.2, 0) is 0 Å². The molecule has 0 bridgehead atoms. The number of rotatable bonds is 10. The van der Waals surface area contributed by atoms with Gasteiger partial charge in [-0.05, 0) is 0 Å². The molecular formula is C12H10F16O2.